The van der Waals surface area contributed by atoms with E-state index in [2.05, 4.69) is 15.3 Å². The van der Waals surface area contributed by atoms with E-state index < -0.39 is 17.8 Å². The van der Waals surface area contributed by atoms with Crippen molar-refractivity contribution in [2.75, 3.05) is 0 Å². The first kappa shape index (κ1) is 16.2. The summed E-state index contributed by atoms with van der Waals surface area (Å²) in [6.07, 6.45) is 1.70. The van der Waals surface area contributed by atoms with E-state index in [9.17, 15) is 9.18 Å². The van der Waals surface area contributed by atoms with Crippen LogP contribution in [-0.4, -0.2) is 15.9 Å². The van der Waals surface area contributed by atoms with Gasteiger partial charge in [0.1, 0.15) is 11.6 Å². The number of carbonyl (C=O) groups excluding carboxylic acids is 1. The van der Waals surface area contributed by atoms with Crippen molar-refractivity contribution in [2.45, 2.75) is 13.0 Å². The monoisotopic (exact) mass is 343 g/mol. The zero-order valence-electron chi connectivity index (χ0n) is 12.9. The summed E-state index contributed by atoms with van der Waals surface area (Å²) in [5, 5.41) is 2.78. The molecule has 0 aliphatic carbocycles. The summed E-state index contributed by atoms with van der Waals surface area (Å²) in [6, 6.07) is 13.4. The first-order chi connectivity index (χ1) is 11.6. The number of hydrogen-bond acceptors (Lipinski definition) is 2. The summed E-state index contributed by atoms with van der Waals surface area (Å²) in [7, 11) is 0. The minimum atomic E-state index is -0.656. The Hall–Kier alpha value is -2.66. The molecule has 6 heteroatoms. The van der Waals surface area contributed by atoms with Gasteiger partial charge in [0.25, 0.3) is 5.91 Å². The highest BCUT2D eigenvalue weighted by atomic mass is 35.5. The number of benzene rings is 2. The predicted molar refractivity (Wildman–Crippen MR) is 91.3 cm³/mol. The molecular formula is C18H15ClFN3O. The quantitative estimate of drug-likeness (QED) is 0.739. The molecule has 1 atom stereocenters. The van der Waals surface area contributed by atoms with Gasteiger partial charge in [0.05, 0.1) is 28.5 Å². The zero-order chi connectivity index (χ0) is 17.1. The summed E-state index contributed by atoms with van der Waals surface area (Å²) in [5.74, 6) is -0.658. The standard InChI is InChI=1S/C18H15ClFN3O/c1-11(22-18(24)16-13(19)8-5-9-14(16)20)17-21-10-15(23-17)12-6-3-2-4-7-12/h2-11H,1H3,(H,21,23)(H,22,24)/t11-/m1/s1. The Labute approximate surface area is 143 Å². The lowest BCUT2D eigenvalue weighted by atomic mass is 10.1. The van der Waals surface area contributed by atoms with Gasteiger partial charge in [-0.05, 0) is 24.6 Å². The van der Waals surface area contributed by atoms with Crippen molar-refractivity contribution < 1.29 is 9.18 Å². The maximum atomic E-state index is 13.8. The molecule has 0 bridgehead atoms. The van der Waals surface area contributed by atoms with Crippen LogP contribution >= 0.6 is 11.6 Å². The van der Waals surface area contributed by atoms with E-state index in [0.29, 0.717) is 5.82 Å². The SMILES string of the molecule is C[C@@H](NC(=O)c1c(F)cccc1Cl)c1ncc(-c2ccccc2)[nH]1. The van der Waals surface area contributed by atoms with Gasteiger partial charge in [0.2, 0.25) is 0 Å². The molecule has 24 heavy (non-hydrogen) atoms. The molecule has 122 valence electrons. The van der Waals surface area contributed by atoms with Crippen molar-refractivity contribution in [1.29, 1.82) is 0 Å². The summed E-state index contributed by atoms with van der Waals surface area (Å²) in [5.41, 5.74) is 1.67. The second kappa shape index (κ2) is 6.84. The first-order valence-corrected chi connectivity index (χ1v) is 7.79. The molecule has 0 saturated heterocycles. The maximum absolute atomic E-state index is 13.8. The van der Waals surface area contributed by atoms with E-state index in [1.54, 1.807) is 13.1 Å². The first-order valence-electron chi connectivity index (χ1n) is 7.41. The summed E-state index contributed by atoms with van der Waals surface area (Å²) in [6.45, 7) is 1.76. The average molecular weight is 344 g/mol. The Balaban J connectivity index is 1.77. The second-order valence-electron chi connectivity index (χ2n) is 5.34. The molecule has 2 N–H and O–H groups in total. The number of H-pyrrole nitrogens is 1. The van der Waals surface area contributed by atoms with Crippen LogP contribution in [0.15, 0.2) is 54.7 Å². The van der Waals surface area contributed by atoms with Crippen LogP contribution in [0.5, 0.6) is 0 Å². The van der Waals surface area contributed by atoms with Crippen molar-refractivity contribution >= 4 is 17.5 Å². The lowest BCUT2D eigenvalue weighted by molar-refractivity contribution is 0.0934. The minimum Gasteiger partial charge on any atom is -0.342 e. The third-order valence-electron chi connectivity index (χ3n) is 3.63. The van der Waals surface area contributed by atoms with Crippen molar-refractivity contribution in [1.82, 2.24) is 15.3 Å². The summed E-state index contributed by atoms with van der Waals surface area (Å²) < 4.78 is 13.8. The lowest BCUT2D eigenvalue weighted by Crippen LogP contribution is -2.28. The number of hydrogen-bond donors (Lipinski definition) is 2. The molecule has 0 saturated carbocycles. The predicted octanol–water partition coefficient (Wildman–Crippen LogP) is 4.36. The maximum Gasteiger partial charge on any atom is 0.256 e. The molecule has 3 rings (SSSR count). The molecule has 0 unspecified atom stereocenters. The van der Waals surface area contributed by atoms with Crippen LogP contribution in [0.4, 0.5) is 4.39 Å². The number of amides is 1. The molecule has 3 aromatic rings. The topological polar surface area (TPSA) is 57.8 Å². The fraction of sp³-hybridized carbons (Fsp3) is 0.111. The van der Waals surface area contributed by atoms with Crippen LogP contribution in [0.1, 0.15) is 29.1 Å². The van der Waals surface area contributed by atoms with Crippen LogP contribution in [0.3, 0.4) is 0 Å². The van der Waals surface area contributed by atoms with Crippen LogP contribution in [0.2, 0.25) is 5.02 Å². The molecular weight excluding hydrogens is 329 g/mol. The average Bonchev–Trinajstić information content (AvgIpc) is 3.05. The van der Waals surface area contributed by atoms with Crippen molar-refractivity contribution in [2.24, 2.45) is 0 Å². The van der Waals surface area contributed by atoms with Crippen molar-refractivity contribution in [3.05, 3.63) is 77.0 Å². The van der Waals surface area contributed by atoms with Crippen LogP contribution in [0, 0.1) is 5.82 Å². The van der Waals surface area contributed by atoms with Crippen LogP contribution < -0.4 is 5.32 Å². The Morgan fingerprint density at radius 2 is 1.96 bits per heavy atom. The van der Waals surface area contributed by atoms with Crippen molar-refractivity contribution in [3.8, 4) is 11.3 Å². The zero-order valence-corrected chi connectivity index (χ0v) is 13.6. The van der Waals surface area contributed by atoms with Crippen LogP contribution in [0.25, 0.3) is 11.3 Å². The van der Waals surface area contributed by atoms with Gasteiger partial charge in [-0.2, -0.15) is 0 Å². The molecule has 2 aromatic carbocycles. The third kappa shape index (κ3) is 3.31. The third-order valence-corrected chi connectivity index (χ3v) is 3.94. The molecule has 1 heterocycles. The molecule has 0 fully saturated rings. The fourth-order valence-electron chi connectivity index (χ4n) is 2.37. The minimum absolute atomic E-state index is 0.0733. The van der Waals surface area contributed by atoms with Gasteiger partial charge in [-0.1, -0.05) is 48.0 Å². The number of nitrogens with one attached hydrogen (secondary N) is 2. The molecule has 1 aromatic heterocycles. The van der Waals surface area contributed by atoms with Crippen LogP contribution in [-0.2, 0) is 0 Å². The van der Waals surface area contributed by atoms with Gasteiger partial charge in [0.15, 0.2) is 0 Å². The normalized spacial score (nSPS) is 12.0. The van der Waals surface area contributed by atoms with Gasteiger partial charge in [-0.3, -0.25) is 4.79 Å². The number of halogens is 2. The van der Waals surface area contributed by atoms with Gasteiger partial charge < -0.3 is 10.3 Å². The van der Waals surface area contributed by atoms with E-state index in [4.69, 9.17) is 11.6 Å². The number of rotatable bonds is 4. The van der Waals surface area contributed by atoms with Gasteiger partial charge >= 0.3 is 0 Å². The molecule has 4 nitrogen and oxygen atoms in total. The highest BCUT2D eigenvalue weighted by molar-refractivity contribution is 6.33. The smallest absolute Gasteiger partial charge is 0.256 e. The summed E-state index contributed by atoms with van der Waals surface area (Å²) in [4.78, 5) is 19.7. The van der Waals surface area contributed by atoms with Gasteiger partial charge in [-0.25, -0.2) is 9.37 Å². The van der Waals surface area contributed by atoms with E-state index in [1.165, 1.54) is 18.2 Å². The molecule has 0 spiro atoms. The van der Waals surface area contributed by atoms with Crippen molar-refractivity contribution in [3.63, 3.8) is 0 Å². The van der Waals surface area contributed by atoms with E-state index in [0.717, 1.165) is 11.3 Å². The highest BCUT2D eigenvalue weighted by Crippen LogP contribution is 2.21. The Kier molecular flexibility index (Phi) is 4.62. The fourth-order valence-corrected chi connectivity index (χ4v) is 2.62. The number of aromatic nitrogens is 2. The largest absolute Gasteiger partial charge is 0.342 e. The molecule has 0 radical (unpaired) electrons. The number of nitrogens with zero attached hydrogens (tertiary/aromatic N) is 1. The molecule has 1 amide bonds. The molecule has 0 aliphatic heterocycles. The van der Waals surface area contributed by atoms with Gasteiger partial charge in [0, 0.05) is 0 Å². The Morgan fingerprint density at radius 1 is 1.21 bits per heavy atom. The Bertz CT molecular complexity index is 843. The second-order valence-corrected chi connectivity index (χ2v) is 5.75. The van der Waals surface area contributed by atoms with E-state index >= 15 is 0 Å². The van der Waals surface area contributed by atoms with E-state index in [-0.39, 0.29) is 10.6 Å². The number of imidazole rings is 1. The van der Waals surface area contributed by atoms with Gasteiger partial charge in [-0.15, -0.1) is 0 Å². The Morgan fingerprint density at radius 3 is 2.67 bits per heavy atom. The number of carbonyl (C=O) groups is 1. The lowest BCUT2D eigenvalue weighted by Gasteiger charge is -2.13. The highest BCUT2D eigenvalue weighted by Gasteiger charge is 2.19. The summed E-state index contributed by atoms with van der Waals surface area (Å²) >= 11 is 5.91. The molecule has 0 aliphatic rings. The van der Waals surface area contributed by atoms with E-state index in [1.807, 2.05) is 30.3 Å². The number of aromatic amines is 1.